The number of methoxy groups -OCH3 is 1. The first kappa shape index (κ1) is 18.7. The zero-order valence-electron chi connectivity index (χ0n) is 16.2. The summed E-state index contributed by atoms with van der Waals surface area (Å²) in [5, 5.41) is 7.08. The van der Waals surface area contributed by atoms with E-state index in [4.69, 9.17) is 4.74 Å². The van der Waals surface area contributed by atoms with Gasteiger partial charge < -0.3 is 19.9 Å². The van der Waals surface area contributed by atoms with E-state index in [1.54, 1.807) is 55.6 Å². The van der Waals surface area contributed by atoms with Gasteiger partial charge in [-0.05, 0) is 12.1 Å². The lowest BCUT2D eigenvalue weighted by atomic mass is 10.2. The maximum Gasteiger partial charge on any atom is 0.274 e. The standard InChI is InChI=1S/C19H21N7O3/c1-13(27)24-9-11-25(12-10-24)18-14(3-4-17(23-18)29-2)22-19(28)15-5-7-20-16-6-8-21-26(15)16/h3-8H,9-12H2,1-2H3,(H,22,28). The molecule has 3 aromatic heterocycles. The van der Waals surface area contributed by atoms with Crippen LogP contribution in [0.5, 0.6) is 5.88 Å². The highest BCUT2D eigenvalue weighted by Gasteiger charge is 2.23. The molecule has 10 nitrogen and oxygen atoms in total. The minimum Gasteiger partial charge on any atom is -0.481 e. The van der Waals surface area contributed by atoms with E-state index in [2.05, 4.69) is 20.4 Å². The van der Waals surface area contributed by atoms with Crippen LogP contribution in [-0.2, 0) is 4.79 Å². The van der Waals surface area contributed by atoms with Crippen molar-refractivity contribution in [1.82, 2.24) is 24.5 Å². The summed E-state index contributed by atoms with van der Waals surface area (Å²) in [4.78, 5) is 37.1. The fraction of sp³-hybridized carbons (Fsp3) is 0.316. The van der Waals surface area contributed by atoms with Gasteiger partial charge in [0, 0.05) is 51.4 Å². The number of carbonyl (C=O) groups is 2. The molecule has 0 aromatic carbocycles. The van der Waals surface area contributed by atoms with Crippen LogP contribution in [0.25, 0.3) is 5.65 Å². The van der Waals surface area contributed by atoms with Crippen LogP contribution in [0.15, 0.2) is 36.7 Å². The molecule has 1 aliphatic rings. The predicted molar refractivity (Wildman–Crippen MR) is 106 cm³/mol. The van der Waals surface area contributed by atoms with Crippen molar-refractivity contribution in [1.29, 1.82) is 0 Å². The highest BCUT2D eigenvalue weighted by atomic mass is 16.5. The molecule has 0 aliphatic carbocycles. The Hall–Kier alpha value is -3.69. The molecule has 1 aliphatic heterocycles. The van der Waals surface area contributed by atoms with Crippen molar-refractivity contribution >= 4 is 29.0 Å². The minimum absolute atomic E-state index is 0.0534. The number of nitrogens with zero attached hydrogens (tertiary/aromatic N) is 6. The summed E-state index contributed by atoms with van der Waals surface area (Å²) in [7, 11) is 1.55. The number of piperazine rings is 1. The molecule has 29 heavy (non-hydrogen) atoms. The largest absolute Gasteiger partial charge is 0.481 e. The number of pyridine rings is 1. The van der Waals surface area contributed by atoms with Crippen LogP contribution in [0.1, 0.15) is 17.4 Å². The third-order valence-corrected chi connectivity index (χ3v) is 4.85. The molecule has 3 aromatic rings. The molecule has 150 valence electrons. The van der Waals surface area contributed by atoms with Crippen molar-refractivity contribution in [3.8, 4) is 5.88 Å². The fourth-order valence-corrected chi connectivity index (χ4v) is 3.31. The summed E-state index contributed by atoms with van der Waals surface area (Å²) in [6.07, 6.45) is 3.16. The Morgan fingerprint density at radius 1 is 1.07 bits per heavy atom. The third-order valence-electron chi connectivity index (χ3n) is 4.85. The number of anilines is 2. The molecule has 10 heteroatoms. The lowest BCUT2D eigenvalue weighted by molar-refractivity contribution is -0.129. The number of hydrogen-bond acceptors (Lipinski definition) is 7. The third kappa shape index (κ3) is 3.68. The van der Waals surface area contributed by atoms with Crippen LogP contribution in [0.4, 0.5) is 11.5 Å². The van der Waals surface area contributed by atoms with Gasteiger partial charge in [0.05, 0.1) is 19.0 Å². The Bertz CT molecular complexity index is 1060. The van der Waals surface area contributed by atoms with Crippen molar-refractivity contribution in [2.45, 2.75) is 6.92 Å². The number of carbonyl (C=O) groups excluding carboxylic acids is 2. The van der Waals surface area contributed by atoms with E-state index in [0.717, 1.165) is 0 Å². The van der Waals surface area contributed by atoms with E-state index in [0.29, 0.717) is 54.9 Å². The maximum absolute atomic E-state index is 12.9. The molecule has 1 fully saturated rings. The van der Waals surface area contributed by atoms with E-state index in [9.17, 15) is 9.59 Å². The van der Waals surface area contributed by atoms with E-state index in [1.165, 1.54) is 4.52 Å². The van der Waals surface area contributed by atoms with Crippen molar-refractivity contribution < 1.29 is 14.3 Å². The van der Waals surface area contributed by atoms with Crippen LogP contribution in [0, 0.1) is 0 Å². The molecule has 0 unspecified atom stereocenters. The van der Waals surface area contributed by atoms with Gasteiger partial charge in [-0.1, -0.05) is 0 Å². The van der Waals surface area contributed by atoms with Crippen molar-refractivity contribution in [2.24, 2.45) is 0 Å². The van der Waals surface area contributed by atoms with Gasteiger partial charge in [-0.25, -0.2) is 9.50 Å². The van der Waals surface area contributed by atoms with Crippen LogP contribution in [0.2, 0.25) is 0 Å². The average molecular weight is 395 g/mol. The molecular formula is C19H21N7O3. The second-order valence-electron chi connectivity index (χ2n) is 6.60. The molecule has 0 atom stereocenters. The van der Waals surface area contributed by atoms with E-state index in [-0.39, 0.29) is 11.8 Å². The number of ether oxygens (including phenoxy) is 1. The Morgan fingerprint density at radius 2 is 1.86 bits per heavy atom. The molecule has 4 rings (SSSR count). The minimum atomic E-state index is -0.323. The first-order chi connectivity index (χ1) is 14.1. The van der Waals surface area contributed by atoms with E-state index in [1.807, 2.05) is 4.90 Å². The highest BCUT2D eigenvalue weighted by Crippen LogP contribution is 2.28. The number of amides is 2. The summed E-state index contributed by atoms with van der Waals surface area (Å²) in [5.41, 5.74) is 1.51. The molecular weight excluding hydrogens is 374 g/mol. The van der Waals surface area contributed by atoms with Crippen molar-refractivity contribution in [3.63, 3.8) is 0 Å². The normalized spacial score (nSPS) is 14.1. The Morgan fingerprint density at radius 3 is 2.59 bits per heavy atom. The summed E-state index contributed by atoms with van der Waals surface area (Å²) < 4.78 is 6.74. The predicted octanol–water partition coefficient (Wildman–Crippen LogP) is 1.05. The number of nitrogens with one attached hydrogen (secondary N) is 1. The van der Waals surface area contributed by atoms with Crippen LogP contribution < -0.4 is 15.0 Å². The Balaban J connectivity index is 1.61. The lowest BCUT2D eigenvalue weighted by Crippen LogP contribution is -2.48. The van der Waals surface area contributed by atoms with Gasteiger partial charge in [-0.3, -0.25) is 9.59 Å². The second-order valence-corrected chi connectivity index (χ2v) is 6.60. The molecule has 0 bridgehead atoms. The number of hydrogen-bond donors (Lipinski definition) is 1. The SMILES string of the molecule is COc1ccc(NC(=O)c2ccnc3ccnn23)c(N2CCN(C(C)=O)CC2)n1. The topological polar surface area (TPSA) is 105 Å². The number of rotatable bonds is 4. The van der Waals surface area contributed by atoms with E-state index >= 15 is 0 Å². The number of aromatic nitrogens is 4. The summed E-state index contributed by atoms with van der Waals surface area (Å²) in [6.45, 7) is 3.98. The fourth-order valence-electron chi connectivity index (χ4n) is 3.31. The monoisotopic (exact) mass is 395 g/mol. The summed E-state index contributed by atoms with van der Waals surface area (Å²) in [6, 6.07) is 6.79. The molecule has 1 N–H and O–H groups in total. The van der Waals surface area contributed by atoms with Gasteiger partial charge in [0.2, 0.25) is 11.8 Å². The van der Waals surface area contributed by atoms with Gasteiger partial charge >= 0.3 is 0 Å². The average Bonchev–Trinajstić information content (AvgIpc) is 3.23. The van der Waals surface area contributed by atoms with Crippen LogP contribution >= 0.6 is 0 Å². The highest BCUT2D eigenvalue weighted by molar-refractivity contribution is 6.04. The molecule has 4 heterocycles. The smallest absolute Gasteiger partial charge is 0.274 e. The van der Waals surface area contributed by atoms with Crippen molar-refractivity contribution in [2.75, 3.05) is 43.5 Å². The van der Waals surface area contributed by atoms with Crippen LogP contribution in [-0.4, -0.2) is 69.6 Å². The quantitative estimate of drug-likeness (QED) is 0.704. The molecule has 2 amide bonds. The van der Waals surface area contributed by atoms with Crippen molar-refractivity contribution in [3.05, 3.63) is 42.4 Å². The zero-order chi connectivity index (χ0) is 20.4. The Kier molecular flexibility index (Phi) is 4.98. The summed E-state index contributed by atoms with van der Waals surface area (Å²) >= 11 is 0. The molecule has 1 saturated heterocycles. The van der Waals surface area contributed by atoms with Gasteiger partial charge in [0.1, 0.15) is 5.69 Å². The maximum atomic E-state index is 12.9. The summed E-state index contributed by atoms with van der Waals surface area (Å²) in [5.74, 6) is 0.784. The molecule has 0 radical (unpaired) electrons. The molecule has 0 spiro atoms. The van der Waals surface area contributed by atoms with Gasteiger partial charge in [0.15, 0.2) is 11.5 Å². The molecule has 0 saturated carbocycles. The van der Waals surface area contributed by atoms with Gasteiger partial charge in [-0.15, -0.1) is 0 Å². The lowest BCUT2D eigenvalue weighted by Gasteiger charge is -2.35. The van der Waals surface area contributed by atoms with E-state index < -0.39 is 0 Å². The second kappa shape index (κ2) is 7.74. The zero-order valence-corrected chi connectivity index (χ0v) is 16.2. The van der Waals surface area contributed by atoms with Gasteiger partial charge in [0.25, 0.3) is 5.91 Å². The first-order valence-corrected chi connectivity index (χ1v) is 9.22. The van der Waals surface area contributed by atoms with Gasteiger partial charge in [-0.2, -0.15) is 10.1 Å². The van der Waals surface area contributed by atoms with Crippen LogP contribution in [0.3, 0.4) is 0 Å². The Labute approximate surface area is 167 Å². The number of fused-ring (bicyclic) bond motifs is 1. The first-order valence-electron chi connectivity index (χ1n) is 9.22.